The number of imidazole rings is 1. The van der Waals surface area contributed by atoms with E-state index in [9.17, 15) is 22.5 Å². The second-order valence-electron chi connectivity index (χ2n) is 5.73. The summed E-state index contributed by atoms with van der Waals surface area (Å²) in [6, 6.07) is 6.42. The SMILES string of the molecule is C[S+]([O-])c1nn2c(-c3cc(F)c(F)c(F)c3)c(-c3ccccn3)nc2c(=O)[nH]1. The molecular formula is C17H10F3N5O2S. The van der Waals surface area contributed by atoms with Crippen LogP contribution in [0.3, 0.4) is 0 Å². The molecule has 0 saturated carbocycles. The summed E-state index contributed by atoms with van der Waals surface area (Å²) in [5, 5.41) is 3.91. The van der Waals surface area contributed by atoms with Gasteiger partial charge in [0.2, 0.25) is 5.65 Å². The average Bonchev–Trinajstić information content (AvgIpc) is 3.06. The number of nitrogens with zero attached hydrogens (tertiary/aromatic N) is 4. The van der Waals surface area contributed by atoms with Gasteiger partial charge in [0.15, 0.2) is 17.5 Å². The molecule has 142 valence electrons. The van der Waals surface area contributed by atoms with Gasteiger partial charge >= 0.3 is 5.16 Å². The minimum atomic E-state index is -1.65. The van der Waals surface area contributed by atoms with Crippen LogP contribution in [0.1, 0.15) is 0 Å². The maximum absolute atomic E-state index is 13.9. The lowest BCUT2D eigenvalue weighted by atomic mass is 10.1. The van der Waals surface area contributed by atoms with Gasteiger partial charge < -0.3 is 4.55 Å². The standard InChI is InChI=1S/C17H10F3N5O2S/c1-28(27)17-23-16(26)15-22-13(11-4-2-3-5-21-11)14(25(15)24-17)8-6-9(18)12(20)10(19)7-8/h2-7H,1H3,(H,23,24,26). The van der Waals surface area contributed by atoms with Crippen LogP contribution in [0, 0.1) is 17.5 Å². The molecule has 0 spiro atoms. The van der Waals surface area contributed by atoms with E-state index in [1.54, 1.807) is 18.2 Å². The zero-order chi connectivity index (χ0) is 20.0. The molecule has 0 radical (unpaired) electrons. The zero-order valence-corrected chi connectivity index (χ0v) is 14.9. The maximum atomic E-state index is 13.9. The molecule has 3 heterocycles. The fraction of sp³-hybridized carbons (Fsp3) is 0.0588. The zero-order valence-electron chi connectivity index (χ0n) is 14.1. The highest BCUT2D eigenvalue weighted by Gasteiger charge is 2.24. The first-order valence-corrected chi connectivity index (χ1v) is 9.35. The van der Waals surface area contributed by atoms with Gasteiger partial charge in [-0.3, -0.25) is 14.8 Å². The number of H-pyrrole nitrogens is 1. The Hall–Kier alpha value is -3.18. The van der Waals surface area contributed by atoms with E-state index in [0.29, 0.717) is 5.69 Å². The number of aromatic nitrogens is 5. The molecular weight excluding hydrogens is 395 g/mol. The molecule has 4 aromatic rings. The van der Waals surface area contributed by atoms with Crippen molar-refractivity contribution in [2.24, 2.45) is 0 Å². The van der Waals surface area contributed by atoms with Crippen LogP contribution in [-0.2, 0) is 11.2 Å². The summed E-state index contributed by atoms with van der Waals surface area (Å²) in [7, 11) is 0. The largest absolute Gasteiger partial charge is 0.609 e. The van der Waals surface area contributed by atoms with Crippen LogP contribution < -0.4 is 5.56 Å². The van der Waals surface area contributed by atoms with E-state index in [4.69, 9.17) is 0 Å². The highest BCUT2D eigenvalue weighted by Crippen LogP contribution is 2.32. The van der Waals surface area contributed by atoms with E-state index in [1.165, 1.54) is 12.5 Å². The van der Waals surface area contributed by atoms with Crippen molar-refractivity contribution in [1.82, 2.24) is 24.6 Å². The molecule has 0 aliphatic carbocycles. The number of pyridine rings is 1. The number of nitrogens with one attached hydrogen (secondary N) is 1. The Morgan fingerprint density at radius 2 is 1.89 bits per heavy atom. The molecule has 0 amide bonds. The number of rotatable bonds is 3. The van der Waals surface area contributed by atoms with E-state index < -0.39 is 34.2 Å². The average molecular weight is 405 g/mol. The third-order valence-electron chi connectivity index (χ3n) is 3.91. The lowest BCUT2D eigenvalue weighted by molar-refractivity contribution is 0.447. The molecule has 28 heavy (non-hydrogen) atoms. The fourth-order valence-electron chi connectivity index (χ4n) is 2.69. The van der Waals surface area contributed by atoms with E-state index in [0.717, 1.165) is 16.6 Å². The summed E-state index contributed by atoms with van der Waals surface area (Å²) in [4.78, 5) is 23.1. The second-order valence-corrected chi connectivity index (χ2v) is 7.02. The lowest BCUT2D eigenvalue weighted by Gasteiger charge is -2.07. The molecule has 0 aliphatic rings. The summed E-state index contributed by atoms with van der Waals surface area (Å²) >= 11 is -1.65. The molecule has 0 bridgehead atoms. The molecule has 0 fully saturated rings. The van der Waals surface area contributed by atoms with Gasteiger partial charge in [-0.05, 0) is 24.3 Å². The maximum Gasteiger partial charge on any atom is 0.340 e. The van der Waals surface area contributed by atoms with Crippen molar-refractivity contribution in [2.75, 3.05) is 6.26 Å². The number of hydrogen-bond acceptors (Lipinski definition) is 5. The van der Waals surface area contributed by atoms with Gasteiger partial charge in [-0.1, -0.05) is 11.2 Å². The molecule has 0 aliphatic heterocycles. The lowest BCUT2D eigenvalue weighted by Crippen LogP contribution is -2.19. The van der Waals surface area contributed by atoms with Crippen molar-refractivity contribution < 1.29 is 17.7 Å². The number of hydrogen-bond donors (Lipinski definition) is 1. The molecule has 7 nitrogen and oxygen atoms in total. The quantitative estimate of drug-likeness (QED) is 0.417. The summed E-state index contributed by atoms with van der Waals surface area (Å²) in [5.41, 5.74) is -0.615. The third-order valence-corrected chi connectivity index (χ3v) is 4.63. The van der Waals surface area contributed by atoms with Gasteiger partial charge in [-0.25, -0.2) is 22.7 Å². The number of benzene rings is 1. The van der Waals surface area contributed by atoms with Gasteiger partial charge in [-0.15, -0.1) is 0 Å². The number of aromatic amines is 1. The predicted molar refractivity (Wildman–Crippen MR) is 94.5 cm³/mol. The smallest absolute Gasteiger partial charge is 0.340 e. The van der Waals surface area contributed by atoms with Crippen molar-refractivity contribution in [3.63, 3.8) is 0 Å². The highest BCUT2D eigenvalue weighted by molar-refractivity contribution is 7.90. The second kappa shape index (κ2) is 6.77. The van der Waals surface area contributed by atoms with Gasteiger partial charge in [0.05, 0.1) is 5.69 Å². The van der Waals surface area contributed by atoms with Crippen molar-refractivity contribution in [1.29, 1.82) is 0 Å². The van der Waals surface area contributed by atoms with Gasteiger partial charge in [-0.2, -0.15) is 0 Å². The molecule has 1 N–H and O–H groups in total. The summed E-state index contributed by atoms with van der Waals surface area (Å²) in [6.07, 6.45) is 2.77. The van der Waals surface area contributed by atoms with Crippen LogP contribution in [0.15, 0.2) is 46.5 Å². The molecule has 3 aromatic heterocycles. The predicted octanol–water partition coefficient (Wildman–Crippen LogP) is 2.30. The van der Waals surface area contributed by atoms with Crippen LogP contribution in [0.4, 0.5) is 13.2 Å². The summed E-state index contributed by atoms with van der Waals surface area (Å²) < 4.78 is 53.9. The normalized spacial score (nSPS) is 12.5. The Morgan fingerprint density at radius 3 is 2.50 bits per heavy atom. The minimum absolute atomic E-state index is 0.00398. The Morgan fingerprint density at radius 1 is 1.18 bits per heavy atom. The van der Waals surface area contributed by atoms with Gasteiger partial charge in [0, 0.05) is 22.9 Å². The van der Waals surface area contributed by atoms with Crippen LogP contribution in [0.25, 0.3) is 28.3 Å². The molecule has 11 heteroatoms. The Bertz CT molecular complexity index is 1230. The van der Waals surface area contributed by atoms with Gasteiger partial charge in [0.1, 0.15) is 17.6 Å². The number of halogens is 3. The van der Waals surface area contributed by atoms with E-state index in [1.807, 2.05) is 0 Å². The van der Waals surface area contributed by atoms with E-state index in [2.05, 4.69) is 20.1 Å². The Balaban J connectivity index is 2.14. The molecule has 1 atom stereocenters. The van der Waals surface area contributed by atoms with Crippen molar-refractivity contribution in [3.05, 3.63) is 64.3 Å². The summed E-state index contributed by atoms with van der Waals surface area (Å²) in [5.74, 6) is -4.46. The van der Waals surface area contributed by atoms with Crippen molar-refractivity contribution in [2.45, 2.75) is 5.16 Å². The molecule has 4 rings (SSSR count). The number of fused-ring (bicyclic) bond motifs is 1. The van der Waals surface area contributed by atoms with Crippen molar-refractivity contribution in [3.8, 4) is 22.6 Å². The van der Waals surface area contributed by atoms with E-state index >= 15 is 0 Å². The first kappa shape index (κ1) is 18.2. The van der Waals surface area contributed by atoms with Crippen LogP contribution in [0.2, 0.25) is 0 Å². The summed E-state index contributed by atoms with van der Waals surface area (Å²) in [6.45, 7) is 0. The van der Waals surface area contributed by atoms with Crippen LogP contribution >= 0.6 is 0 Å². The molecule has 1 unspecified atom stereocenters. The van der Waals surface area contributed by atoms with Crippen LogP contribution in [-0.4, -0.2) is 35.4 Å². The molecule has 1 aromatic carbocycles. The molecule has 0 saturated heterocycles. The minimum Gasteiger partial charge on any atom is -0.609 e. The first-order chi connectivity index (χ1) is 13.4. The Labute approximate surface area is 158 Å². The highest BCUT2D eigenvalue weighted by atomic mass is 32.2. The van der Waals surface area contributed by atoms with Gasteiger partial charge in [0.25, 0.3) is 5.56 Å². The van der Waals surface area contributed by atoms with Crippen molar-refractivity contribution >= 4 is 16.8 Å². The first-order valence-electron chi connectivity index (χ1n) is 7.79. The van der Waals surface area contributed by atoms with Crippen LogP contribution in [0.5, 0.6) is 0 Å². The third kappa shape index (κ3) is 2.94. The fourth-order valence-corrected chi connectivity index (χ4v) is 3.12. The topological polar surface area (TPSA) is 99.0 Å². The van der Waals surface area contributed by atoms with E-state index in [-0.39, 0.29) is 27.8 Å². The monoisotopic (exact) mass is 405 g/mol. The Kier molecular flexibility index (Phi) is 4.40.